The molecule has 2 heterocycles. The Balaban J connectivity index is 2.04. The minimum Gasteiger partial charge on any atom is -0.481 e. The molecule has 0 aliphatic carbocycles. The molecule has 9 nitrogen and oxygen atoms in total. The molecule has 1 unspecified atom stereocenters. The fourth-order valence-electron chi connectivity index (χ4n) is 2.82. The fraction of sp³-hybridized carbons (Fsp3) is 0.357. The highest BCUT2D eigenvalue weighted by atomic mass is 32.2. The number of carboxylic acid groups (broad SMARTS) is 1. The van der Waals surface area contributed by atoms with Gasteiger partial charge in [-0.3, -0.25) is 14.6 Å². The van der Waals surface area contributed by atoms with Gasteiger partial charge in [-0.15, -0.1) is 0 Å². The SMILES string of the molecule is O=C(O)C1CCCN(S(=O)(=O)c2ccc3[nH]c(=O)[nH]c(=O)c3c2)C1. The number of fused-ring (bicyclic) bond motifs is 1. The van der Waals surface area contributed by atoms with Gasteiger partial charge in [0.2, 0.25) is 10.0 Å². The quantitative estimate of drug-likeness (QED) is 0.692. The van der Waals surface area contributed by atoms with E-state index in [2.05, 4.69) is 4.98 Å². The number of carbonyl (C=O) groups is 1. The average Bonchev–Trinajstić information content (AvgIpc) is 2.54. The van der Waals surface area contributed by atoms with Crippen LogP contribution in [0.1, 0.15) is 12.8 Å². The fourth-order valence-corrected chi connectivity index (χ4v) is 4.37. The van der Waals surface area contributed by atoms with E-state index in [0.717, 1.165) is 4.31 Å². The predicted molar refractivity (Wildman–Crippen MR) is 84.3 cm³/mol. The number of carboxylic acids is 1. The highest BCUT2D eigenvalue weighted by Crippen LogP contribution is 2.25. The number of hydrogen-bond acceptors (Lipinski definition) is 5. The normalized spacial score (nSPS) is 19.4. The molecule has 1 atom stereocenters. The summed E-state index contributed by atoms with van der Waals surface area (Å²) in [5, 5.41) is 9.14. The van der Waals surface area contributed by atoms with Gasteiger partial charge in [0.25, 0.3) is 5.56 Å². The molecule has 3 N–H and O–H groups in total. The molecular weight excluding hydrogens is 338 g/mol. The number of hydrogen-bond donors (Lipinski definition) is 3. The van der Waals surface area contributed by atoms with Crippen LogP contribution in [-0.4, -0.2) is 46.9 Å². The Morgan fingerprint density at radius 2 is 2.00 bits per heavy atom. The second-order valence-corrected chi connectivity index (χ2v) is 7.59. The Morgan fingerprint density at radius 3 is 2.71 bits per heavy atom. The number of nitrogens with zero attached hydrogens (tertiary/aromatic N) is 1. The van der Waals surface area contributed by atoms with Crippen molar-refractivity contribution < 1.29 is 18.3 Å². The lowest BCUT2D eigenvalue weighted by molar-refractivity contribution is -0.142. The zero-order valence-electron chi connectivity index (χ0n) is 12.5. The molecule has 0 bridgehead atoms. The highest BCUT2D eigenvalue weighted by Gasteiger charge is 2.33. The molecule has 0 amide bonds. The largest absolute Gasteiger partial charge is 0.481 e. The lowest BCUT2D eigenvalue weighted by Gasteiger charge is -2.29. The van der Waals surface area contributed by atoms with Crippen molar-refractivity contribution in [3.05, 3.63) is 39.0 Å². The molecule has 3 rings (SSSR count). The Bertz CT molecular complexity index is 1020. The van der Waals surface area contributed by atoms with Crippen LogP contribution in [0, 0.1) is 5.92 Å². The van der Waals surface area contributed by atoms with E-state index in [1.807, 2.05) is 4.98 Å². The Labute approximate surface area is 136 Å². The van der Waals surface area contributed by atoms with Crippen LogP contribution in [0.25, 0.3) is 10.9 Å². The molecule has 1 saturated heterocycles. The third kappa shape index (κ3) is 2.85. The summed E-state index contributed by atoms with van der Waals surface area (Å²) in [6.07, 6.45) is 0.887. The van der Waals surface area contributed by atoms with Gasteiger partial charge >= 0.3 is 11.7 Å². The van der Waals surface area contributed by atoms with E-state index >= 15 is 0 Å². The van der Waals surface area contributed by atoms with Gasteiger partial charge in [0.05, 0.1) is 21.7 Å². The number of benzene rings is 1. The number of rotatable bonds is 3. The molecule has 1 aromatic heterocycles. The van der Waals surface area contributed by atoms with E-state index in [1.54, 1.807) is 0 Å². The number of sulfonamides is 1. The molecule has 1 aromatic carbocycles. The second kappa shape index (κ2) is 5.87. The van der Waals surface area contributed by atoms with Crippen molar-refractivity contribution in [1.29, 1.82) is 0 Å². The van der Waals surface area contributed by atoms with Crippen molar-refractivity contribution in [3.8, 4) is 0 Å². The monoisotopic (exact) mass is 353 g/mol. The zero-order chi connectivity index (χ0) is 17.5. The third-order valence-corrected chi connectivity index (χ3v) is 5.94. The topological polar surface area (TPSA) is 140 Å². The molecule has 0 radical (unpaired) electrons. The summed E-state index contributed by atoms with van der Waals surface area (Å²) in [4.78, 5) is 38.5. The molecule has 1 fully saturated rings. The summed E-state index contributed by atoms with van der Waals surface area (Å²) in [7, 11) is -3.92. The third-order valence-electron chi connectivity index (χ3n) is 4.08. The Kier molecular flexibility index (Phi) is 4.01. The highest BCUT2D eigenvalue weighted by molar-refractivity contribution is 7.89. The van der Waals surface area contributed by atoms with Crippen molar-refractivity contribution in [1.82, 2.24) is 14.3 Å². The average molecular weight is 353 g/mol. The first kappa shape index (κ1) is 16.4. The summed E-state index contributed by atoms with van der Waals surface area (Å²) >= 11 is 0. The number of H-pyrrole nitrogens is 2. The van der Waals surface area contributed by atoms with Crippen molar-refractivity contribution in [2.24, 2.45) is 5.92 Å². The molecule has 0 saturated carbocycles. The van der Waals surface area contributed by atoms with Crippen LogP contribution in [0.2, 0.25) is 0 Å². The van der Waals surface area contributed by atoms with Gasteiger partial charge in [-0.05, 0) is 31.0 Å². The summed E-state index contributed by atoms with van der Waals surface area (Å²) in [6.45, 7) is 0.129. The summed E-state index contributed by atoms with van der Waals surface area (Å²) in [5.41, 5.74) is -1.14. The summed E-state index contributed by atoms with van der Waals surface area (Å²) in [6, 6.07) is 3.82. The van der Waals surface area contributed by atoms with Crippen LogP contribution < -0.4 is 11.2 Å². The summed E-state index contributed by atoms with van der Waals surface area (Å²) in [5.74, 6) is -1.77. The number of piperidine rings is 1. The first-order valence-corrected chi connectivity index (χ1v) is 8.72. The van der Waals surface area contributed by atoms with Crippen LogP contribution in [-0.2, 0) is 14.8 Å². The minimum atomic E-state index is -3.92. The number of aliphatic carboxylic acids is 1. The molecule has 1 aliphatic rings. The van der Waals surface area contributed by atoms with Crippen molar-refractivity contribution in [2.45, 2.75) is 17.7 Å². The van der Waals surface area contributed by atoms with Crippen LogP contribution >= 0.6 is 0 Å². The molecule has 1 aliphatic heterocycles. The Morgan fingerprint density at radius 1 is 1.25 bits per heavy atom. The van der Waals surface area contributed by atoms with Crippen molar-refractivity contribution in [3.63, 3.8) is 0 Å². The van der Waals surface area contributed by atoms with Gasteiger partial charge < -0.3 is 10.1 Å². The van der Waals surface area contributed by atoms with Crippen LogP contribution in [0.4, 0.5) is 0 Å². The first-order valence-electron chi connectivity index (χ1n) is 7.28. The number of aromatic amines is 2. The van der Waals surface area contributed by atoms with E-state index in [9.17, 15) is 22.8 Å². The zero-order valence-corrected chi connectivity index (χ0v) is 13.3. The Hall–Kier alpha value is -2.46. The van der Waals surface area contributed by atoms with Crippen LogP contribution in [0.3, 0.4) is 0 Å². The first-order chi connectivity index (χ1) is 11.3. The van der Waals surface area contributed by atoms with Crippen molar-refractivity contribution >= 4 is 26.9 Å². The van der Waals surface area contributed by atoms with E-state index in [4.69, 9.17) is 5.11 Å². The second-order valence-electron chi connectivity index (χ2n) is 5.66. The van der Waals surface area contributed by atoms with Gasteiger partial charge in [-0.25, -0.2) is 13.2 Å². The molecule has 2 aromatic rings. The lowest BCUT2D eigenvalue weighted by Crippen LogP contribution is -2.42. The number of aromatic nitrogens is 2. The molecule has 128 valence electrons. The maximum absolute atomic E-state index is 12.7. The van der Waals surface area contributed by atoms with Gasteiger partial charge in [0, 0.05) is 13.1 Å². The molecule has 24 heavy (non-hydrogen) atoms. The van der Waals surface area contributed by atoms with Gasteiger partial charge in [0.15, 0.2) is 0 Å². The maximum Gasteiger partial charge on any atom is 0.326 e. The lowest BCUT2D eigenvalue weighted by atomic mass is 10.0. The van der Waals surface area contributed by atoms with Gasteiger partial charge in [-0.2, -0.15) is 4.31 Å². The van der Waals surface area contributed by atoms with Crippen LogP contribution in [0.15, 0.2) is 32.7 Å². The van der Waals surface area contributed by atoms with Crippen molar-refractivity contribution in [2.75, 3.05) is 13.1 Å². The smallest absolute Gasteiger partial charge is 0.326 e. The molecule has 10 heteroatoms. The predicted octanol–water partition coefficient (Wildman–Crippen LogP) is -0.298. The van der Waals surface area contributed by atoms with E-state index in [-0.39, 0.29) is 28.9 Å². The van der Waals surface area contributed by atoms with E-state index in [0.29, 0.717) is 12.8 Å². The molecular formula is C14H15N3O6S. The van der Waals surface area contributed by atoms with Crippen LogP contribution in [0.5, 0.6) is 0 Å². The van der Waals surface area contributed by atoms with Gasteiger partial charge in [0.1, 0.15) is 0 Å². The standard InChI is InChI=1S/C14H15N3O6S/c18-12-10-6-9(3-4-11(10)15-14(21)16-12)24(22,23)17-5-1-2-8(7-17)13(19)20/h3-4,6,8H,1-2,5,7H2,(H,19,20)(H2,15,16,18,21). The molecule has 0 spiro atoms. The van der Waals surface area contributed by atoms with Gasteiger partial charge in [-0.1, -0.05) is 0 Å². The number of nitrogens with one attached hydrogen (secondary N) is 2. The maximum atomic E-state index is 12.7. The van der Waals surface area contributed by atoms with E-state index < -0.39 is 33.2 Å². The summed E-state index contributed by atoms with van der Waals surface area (Å²) < 4.78 is 26.6. The minimum absolute atomic E-state index is 0.0440. The van der Waals surface area contributed by atoms with E-state index in [1.165, 1.54) is 18.2 Å².